The van der Waals surface area contributed by atoms with Crippen molar-refractivity contribution in [1.29, 1.82) is 0 Å². The van der Waals surface area contributed by atoms with Crippen LogP contribution in [-0.2, 0) is 33.6 Å². The molecule has 1 aromatic heterocycles. The van der Waals surface area contributed by atoms with Gasteiger partial charge in [-0.05, 0) is 102 Å². The number of aromatic nitrogens is 1. The Hall–Kier alpha value is -5.35. The van der Waals surface area contributed by atoms with Gasteiger partial charge >= 0.3 is 6.09 Å². The average Bonchev–Trinajstić information content (AvgIpc) is 3.67. The van der Waals surface area contributed by atoms with Crippen LogP contribution in [0.5, 0.6) is 11.6 Å². The number of rotatable bonds is 10. The van der Waals surface area contributed by atoms with E-state index in [9.17, 15) is 9.90 Å². The van der Waals surface area contributed by atoms with E-state index in [1.54, 1.807) is 27.8 Å². The molecule has 0 radical (unpaired) electrons. The summed E-state index contributed by atoms with van der Waals surface area (Å²) < 4.78 is 50.0. The second-order valence-electron chi connectivity index (χ2n) is 20.5. The van der Waals surface area contributed by atoms with E-state index in [0.29, 0.717) is 6.42 Å². The number of carbonyl (C=O) groups is 3. The molecule has 65 heavy (non-hydrogen) atoms. The number of hydrogen-bond donors (Lipinski definition) is 2. The Morgan fingerprint density at radius 1 is 0.969 bits per heavy atom. The lowest BCUT2D eigenvalue weighted by Crippen LogP contribution is -2.68. The molecule has 13 nitrogen and oxygen atoms in total. The molecule has 1 aliphatic heterocycles. The molecule has 3 aromatic carbocycles. The van der Waals surface area contributed by atoms with Crippen molar-refractivity contribution in [2.45, 2.75) is 115 Å². The van der Waals surface area contributed by atoms with E-state index in [4.69, 9.17) is 23.2 Å². The van der Waals surface area contributed by atoms with Gasteiger partial charge in [-0.2, -0.15) is 0 Å². The number of nitrogens with zero attached hydrogens (tertiary/aromatic N) is 3. The van der Waals surface area contributed by atoms with Crippen LogP contribution >= 0.6 is 0 Å². The highest BCUT2D eigenvalue weighted by atomic mass is 28.4. The van der Waals surface area contributed by atoms with Crippen molar-refractivity contribution in [3.8, 4) is 11.6 Å². The van der Waals surface area contributed by atoms with Crippen molar-refractivity contribution in [1.82, 2.24) is 15.4 Å². The summed E-state index contributed by atoms with van der Waals surface area (Å²) in [7, 11) is 2.39. The predicted molar refractivity (Wildman–Crippen MR) is 246 cm³/mol. The molecule has 1 unspecified atom stereocenters. The largest absolute Gasteiger partial charge is 0.507 e. The number of carbonyl (C=O) groups excluding carboxylic acids is 3. The van der Waals surface area contributed by atoms with E-state index in [2.05, 4.69) is 10.5 Å². The fourth-order valence-corrected chi connectivity index (χ4v) is 11.2. The first kappa shape index (κ1) is 46.2. The van der Waals surface area contributed by atoms with Gasteiger partial charge in [-0.25, -0.2) is 9.18 Å². The highest BCUT2D eigenvalue weighted by Crippen LogP contribution is 2.60. The SMILES string of the molecule is CN[C@@H]1c2onc(OCc3ccccc3)c2C(=O)[C@@]2(O[Si](C)(C)C(C)(C)C)C(=O)C3=C(O)c4c(c(F)c5c(c4OCc4ccccc4)N(C(=O)OC(C)(C)C)CCC5N(C)C)C[C@H]3C[C@@H]12. The number of halogens is 1. The zero-order valence-corrected chi connectivity index (χ0v) is 40.3. The number of aliphatic hydroxyl groups is 1. The van der Waals surface area contributed by atoms with Crippen LogP contribution in [0.3, 0.4) is 0 Å². The number of Topliss-reactive ketones (excluding diaryl/α,β-unsaturated/α-hetero) is 2. The van der Waals surface area contributed by atoms with Gasteiger partial charge in [-0.15, -0.1) is 0 Å². The van der Waals surface area contributed by atoms with Crippen molar-refractivity contribution in [3.63, 3.8) is 0 Å². The van der Waals surface area contributed by atoms with E-state index in [1.165, 1.54) is 4.90 Å². The zero-order chi connectivity index (χ0) is 47.0. The second kappa shape index (κ2) is 16.8. The number of amides is 1. The van der Waals surface area contributed by atoms with Crippen molar-refractivity contribution >= 4 is 37.4 Å². The van der Waals surface area contributed by atoms with Crippen molar-refractivity contribution < 1.29 is 47.0 Å². The van der Waals surface area contributed by atoms with E-state index in [0.717, 1.165) is 11.1 Å². The number of anilines is 1. The number of ketones is 2. The molecule has 4 aromatic rings. The molecule has 15 heteroatoms. The Morgan fingerprint density at radius 2 is 1.58 bits per heavy atom. The fraction of sp³-hybridized carbons (Fsp3) is 0.480. The van der Waals surface area contributed by atoms with Crippen LogP contribution in [0.15, 0.2) is 70.8 Å². The van der Waals surface area contributed by atoms with E-state index < -0.39 is 77.7 Å². The molecule has 1 saturated carbocycles. The molecule has 0 spiro atoms. The van der Waals surface area contributed by atoms with Gasteiger partial charge in [0, 0.05) is 35.2 Å². The summed E-state index contributed by atoms with van der Waals surface area (Å²) in [6.07, 6.45) is -0.200. The molecule has 3 aliphatic carbocycles. The first-order valence-electron chi connectivity index (χ1n) is 22.4. The van der Waals surface area contributed by atoms with Crippen LogP contribution in [0.2, 0.25) is 18.1 Å². The first-order valence-corrected chi connectivity index (χ1v) is 25.3. The van der Waals surface area contributed by atoms with E-state index in [-0.39, 0.29) is 83.5 Å². The van der Waals surface area contributed by atoms with Crippen LogP contribution < -0.4 is 19.7 Å². The van der Waals surface area contributed by atoms with Crippen molar-refractivity contribution in [3.05, 3.63) is 111 Å². The number of fused-ring (bicyclic) bond motifs is 5. The topological polar surface area (TPSA) is 153 Å². The van der Waals surface area contributed by atoms with Crippen molar-refractivity contribution in [2.75, 3.05) is 32.6 Å². The predicted octanol–water partition coefficient (Wildman–Crippen LogP) is 9.67. The number of nitrogens with one attached hydrogen (secondary N) is 1. The molecule has 346 valence electrons. The molecule has 2 heterocycles. The van der Waals surface area contributed by atoms with E-state index in [1.807, 2.05) is 114 Å². The van der Waals surface area contributed by atoms with Gasteiger partial charge in [0.2, 0.25) is 11.6 Å². The molecule has 5 atom stereocenters. The lowest BCUT2D eigenvalue weighted by Gasteiger charge is -2.54. The van der Waals surface area contributed by atoms with Crippen LogP contribution in [0, 0.1) is 17.7 Å². The Bertz CT molecular complexity index is 2550. The Morgan fingerprint density at radius 3 is 2.15 bits per heavy atom. The summed E-state index contributed by atoms with van der Waals surface area (Å²) in [6, 6.07) is 17.5. The van der Waals surface area contributed by atoms with Crippen LogP contribution in [0.1, 0.15) is 110 Å². The molecule has 1 amide bonds. The van der Waals surface area contributed by atoms with Gasteiger partial charge in [-0.1, -0.05) is 81.4 Å². The number of benzene rings is 3. The number of aliphatic hydroxyl groups excluding tert-OH is 1. The summed E-state index contributed by atoms with van der Waals surface area (Å²) in [5, 5.41) is 20.1. The van der Waals surface area contributed by atoms with Crippen LogP contribution in [0.4, 0.5) is 14.9 Å². The molecule has 2 N–H and O–H groups in total. The first-order chi connectivity index (χ1) is 30.6. The van der Waals surface area contributed by atoms with Gasteiger partial charge in [0.1, 0.15) is 36.0 Å². The van der Waals surface area contributed by atoms with Crippen LogP contribution in [0.25, 0.3) is 5.76 Å². The lowest BCUT2D eigenvalue weighted by atomic mass is 9.57. The summed E-state index contributed by atoms with van der Waals surface area (Å²) >= 11 is 0. The highest BCUT2D eigenvalue weighted by molar-refractivity contribution is 6.74. The minimum Gasteiger partial charge on any atom is -0.507 e. The summed E-state index contributed by atoms with van der Waals surface area (Å²) in [5.74, 6) is -3.96. The molecular weight excluding hydrogens is 848 g/mol. The number of hydrogen-bond acceptors (Lipinski definition) is 12. The third-order valence-corrected chi connectivity index (χ3v) is 18.3. The summed E-state index contributed by atoms with van der Waals surface area (Å²) in [5.41, 5.74) is -1.05. The maximum Gasteiger partial charge on any atom is 0.414 e. The molecule has 4 aliphatic rings. The summed E-state index contributed by atoms with van der Waals surface area (Å²) in [6.45, 7) is 15.5. The molecule has 0 bridgehead atoms. The molecule has 8 rings (SSSR count). The average molecular weight is 909 g/mol. The van der Waals surface area contributed by atoms with E-state index >= 15 is 14.0 Å². The third kappa shape index (κ3) is 7.87. The molecular formula is C50H61FN4O9Si. The standard InChI is InChI=1S/C50H61FN4O9Si/c1-48(2,3)62-47(59)55-23-22-33(54(8)9)36-38(51)31-24-30-25-32-39(52-7)42-37(46(53-63-42)61-27-29-20-16-13-17-21-29)45(58)50(32,64-65(10,11)49(4,5)6)44(57)34(30)41(56)35(31)43(40(36)55)60-26-28-18-14-12-15-19-28/h12-21,30,32-33,39,52,56H,22-27H2,1-11H3/t30-,32-,33?,39-,50-/m0/s1. The van der Waals surface area contributed by atoms with Crippen molar-refractivity contribution in [2.24, 2.45) is 11.8 Å². The minimum atomic E-state index is -3.04. The van der Waals surface area contributed by atoms with Gasteiger partial charge in [0.15, 0.2) is 25.4 Å². The normalized spacial score (nSPS) is 23.1. The minimum absolute atomic E-state index is 0.00642. The lowest BCUT2D eigenvalue weighted by molar-refractivity contribution is -0.138. The Labute approximate surface area is 381 Å². The highest BCUT2D eigenvalue weighted by Gasteiger charge is 2.68. The monoisotopic (exact) mass is 908 g/mol. The summed E-state index contributed by atoms with van der Waals surface area (Å²) in [4.78, 5) is 49.2. The number of ether oxygens (including phenoxy) is 3. The fourth-order valence-electron chi connectivity index (χ4n) is 9.77. The Kier molecular flexibility index (Phi) is 12.0. The smallest absolute Gasteiger partial charge is 0.414 e. The maximum absolute atomic E-state index is 18.0. The van der Waals surface area contributed by atoms with Crippen LogP contribution in [-0.4, -0.2) is 80.0 Å². The molecule has 0 saturated heterocycles. The quantitative estimate of drug-likeness (QED) is 0.115. The third-order valence-electron chi connectivity index (χ3n) is 13.9. The Balaban J connectivity index is 1.36. The second-order valence-corrected chi connectivity index (χ2v) is 25.2. The van der Waals surface area contributed by atoms with Gasteiger partial charge in [0.25, 0.3) is 5.88 Å². The van der Waals surface area contributed by atoms with Gasteiger partial charge < -0.3 is 38.5 Å². The maximum atomic E-state index is 18.0. The van der Waals surface area contributed by atoms with Gasteiger partial charge in [0.05, 0.1) is 17.3 Å². The molecule has 1 fully saturated rings. The zero-order valence-electron chi connectivity index (χ0n) is 39.3. The van der Waals surface area contributed by atoms with Gasteiger partial charge in [-0.3, -0.25) is 14.5 Å².